The topological polar surface area (TPSA) is 12.0 Å². The van der Waals surface area contributed by atoms with Crippen molar-refractivity contribution in [3.8, 4) is 0 Å². The minimum atomic E-state index is 0.443. The average molecular weight is 312 g/mol. The monoisotopic (exact) mass is 311 g/mol. The summed E-state index contributed by atoms with van der Waals surface area (Å²) in [5.74, 6) is 0. The molecule has 18 heavy (non-hydrogen) atoms. The van der Waals surface area contributed by atoms with E-state index in [0.717, 1.165) is 11.0 Å². The van der Waals surface area contributed by atoms with Crippen LogP contribution in [0.2, 0.25) is 0 Å². The highest BCUT2D eigenvalue weighted by Gasteiger charge is 2.03. The van der Waals surface area contributed by atoms with E-state index >= 15 is 0 Å². The number of nitrogens with one attached hydrogen (secondary N) is 1. The molecule has 102 valence electrons. The summed E-state index contributed by atoms with van der Waals surface area (Å²) >= 11 is 3.52. The molecular weight excluding hydrogens is 286 g/mol. The Bertz CT molecular complexity index is 325. The largest absolute Gasteiger partial charge is 0.310 e. The van der Waals surface area contributed by atoms with Crippen molar-refractivity contribution in [2.24, 2.45) is 0 Å². The lowest BCUT2D eigenvalue weighted by Gasteiger charge is -2.14. The third-order valence-corrected chi connectivity index (χ3v) is 3.82. The molecule has 0 fully saturated rings. The highest BCUT2D eigenvalue weighted by Crippen LogP contribution is 2.17. The van der Waals surface area contributed by atoms with E-state index < -0.39 is 0 Å². The molecule has 0 aliphatic rings. The van der Waals surface area contributed by atoms with Crippen molar-refractivity contribution in [1.82, 2.24) is 5.32 Å². The van der Waals surface area contributed by atoms with Gasteiger partial charge in [0.15, 0.2) is 0 Å². The maximum absolute atomic E-state index is 3.60. The summed E-state index contributed by atoms with van der Waals surface area (Å²) in [7, 11) is 0. The second-order valence-corrected chi connectivity index (χ2v) is 5.91. The van der Waals surface area contributed by atoms with Crippen LogP contribution in [0.4, 0.5) is 0 Å². The average Bonchev–Trinajstić information content (AvgIpc) is 2.37. The SMILES string of the molecule is CCCCCCCCNC(C)c1cccc(Br)c1. The maximum atomic E-state index is 3.60. The van der Waals surface area contributed by atoms with Crippen LogP contribution in [-0.4, -0.2) is 6.54 Å². The van der Waals surface area contributed by atoms with Gasteiger partial charge in [-0.1, -0.05) is 67.1 Å². The maximum Gasteiger partial charge on any atom is 0.0292 e. The van der Waals surface area contributed by atoms with Crippen molar-refractivity contribution < 1.29 is 0 Å². The molecule has 1 atom stereocenters. The molecule has 1 unspecified atom stereocenters. The van der Waals surface area contributed by atoms with Gasteiger partial charge in [0, 0.05) is 10.5 Å². The molecule has 0 aliphatic heterocycles. The predicted molar refractivity (Wildman–Crippen MR) is 83.9 cm³/mol. The molecule has 0 aromatic heterocycles. The Morgan fingerprint density at radius 1 is 1.11 bits per heavy atom. The molecule has 0 radical (unpaired) electrons. The van der Waals surface area contributed by atoms with Gasteiger partial charge in [0.05, 0.1) is 0 Å². The van der Waals surface area contributed by atoms with Crippen LogP contribution in [0.3, 0.4) is 0 Å². The van der Waals surface area contributed by atoms with E-state index in [1.54, 1.807) is 0 Å². The zero-order valence-electron chi connectivity index (χ0n) is 11.7. The van der Waals surface area contributed by atoms with Gasteiger partial charge in [-0.05, 0) is 37.6 Å². The van der Waals surface area contributed by atoms with Crippen LogP contribution in [-0.2, 0) is 0 Å². The molecule has 1 nitrogen and oxygen atoms in total. The van der Waals surface area contributed by atoms with Crippen LogP contribution >= 0.6 is 15.9 Å². The van der Waals surface area contributed by atoms with Gasteiger partial charge in [-0.15, -0.1) is 0 Å². The Balaban J connectivity index is 2.12. The zero-order valence-corrected chi connectivity index (χ0v) is 13.3. The summed E-state index contributed by atoms with van der Waals surface area (Å²) in [5, 5.41) is 3.60. The van der Waals surface area contributed by atoms with Crippen LogP contribution in [0.25, 0.3) is 0 Å². The van der Waals surface area contributed by atoms with Gasteiger partial charge in [-0.3, -0.25) is 0 Å². The number of halogens is 1. The molecule has 0 saturated heterocycles. The summed E-state index contributed by atoms with van der Waals surface area (Å²) in [5.41, 5.74) is 1.36. The van der Waals surface area contributed by atoms with Gasteiger partial charge < -0.3 is 5.32 Å². The van der Waals surface area contributed by atoms with E-state index in [2.05, 4.69) is 59.4 Å². The molecule has 0 spiro atoms. The minimum Gasteiger partial charge on any atom is -0.310 e. The first-order valence-corrected chi connectivity index (χ1v) is 8.02. The van der Waals surface area contributed by atoms with E-state index in [-0.39, 0.29) is 0 Å². The van der Waals surface area contributed by atoms with Crippen molar-refractivity contribution in [2.45, 2.75) is 58.4 Å². The highest BCUT2D eigenvalue weighted by atomic mass is 79.9. The Morgan fingerprint density at radius 3 is 2.56 bits per heavy atom. The quantitative estimate of drug-likeness (QED) is 0.597. The van der Waals surface area contributed by atoms with E-state index in [1.807, 2.05) is 0 Å². The minimum absolute atomic E-state index is 0.443. The molecule has 0 heterocycles. The van der Waals surface area contributed by atoms with E-state index in [0.29, 0.717) is 6.04 Å². The predicted octanol–water partition coefficient (Wildman–Crippen LogP) is 5.46. The second kappa shape index (κ2) is 9.57. The zero-order chi connectivity index (χ0) is 13.2. The molecule has 1 aromatic rings. The van der Waals surface area contributed by atoms with Crippen LogP contribution in [0.15, 0.2) is 28.7 Å². The molecule has 1 aromatic carbocycles. The number of benzene rings is 1. The first-order chi connectivity index (χ1) is 8.74. The summed E-state index contributed by atoms with van der Waals surface area (Å²) in [6.45, 7) is 5.62. The number of hydrogen-bond acceptors (Lipinski definition) is 1. The van der Waals surface area contributed by atoms with Gasteiger partial charge in [0.1, 0.15) is 0 Å². The fraction of sp³-hybridized carbons (Fsp3) is 0.625. The van der Waals surface area contributed by atoms with Crippen molar-refractivity contribution in [2.75, 3.05) is 6.54 Å². The van der Waals surface area contributed by atoms with E-state index in [4.69, 9.17) is 0 Å². The standard InChI is InChI=1S/C16H26BrN/c1-3-4-5-6-7-8-12-18-14(2)15-10-9-11-16(17)13-15/h9-11,13-14,18H,3-8,12H2,1-2H3. The van der Waals surface area contributed by atoms with Crippen molar-refractivity contribution >= 4 is 15.9 Å². The normalized spacial score (nSPS) is 12.6. The second-order valence-electron chi connectivity index (χ2n) is 5.00. The highest BCUT2D eigenvalue weighted by molar-refractivity contribution is 9.10. The summed E-state index contributed by atoms with van der Waals surface area (Å²) in [6, 6.07) is 8.99. The fourth-order valence-electron chi connectivity index (χ4n) is 2.12. The molecule has 1 N–H and O–H groups in total. The van der Waals surface area contributed by atoms with Crippen LogP contribution in [0.5, 0.6) is 0 Å². The number of rotatable bonds is 9. The summed E-state index contributed by atoms with van der Waals surface area (Å²) < 4.78 is 1.16. The first-order valence-electron chi connectivity index (χ1n) is 7.23. The number of unbranched alkanes of at least 4 members (excludes halogenated alkanes) is 5. The summed E-state index contributed by atoms with van der Waals surface area (Å²) in [6.07, 6.45) is 8.17. The molecule has 0 saturated carbocycles. The lowest BCUT2D eigenvalue weighted by atomic mass is 10.1. The molecule has 0 amide bonds. The lowest BCUT2D eigenvalue weighted by Crippen LogP contribution is -2.19. The van der Waals surface area contributed by atoms with Gasteiger partial charge in [-0.25, -0.2) is 0 Å². The molecule has 2 heteroatoms. The van der Waals surface area contributed by atoms with Crippen molar-refractivity contribution in [3.63, 3.8) is 0 Å². The summed E-state index contributed by atoms with van der Waals surface area (Å²) in [4.78, 5) is 0. The van der Waals surface area contributed by atoms with Crippen LogP contribution in [0, 0.1) is 0 Å². The molecule has 0 bridgehead atoms. The lowest BCUT2D eigenvalue weighted by molar-refractivity contribution is 0.527. The Kier molecular flexibility index (Phi) is 8.36. The van der Waals surface area contributed by atoms with Crippen molar-refractivity contribution in [1.29, 1.82) is 0 Å². The van der Waals surface area contributed by atoms with Crippen LogP contribution < -0.4 is 5.32 Å². The smallest absolute Gasteiger partial charge is 0.0292 e. The van der Waals surface area contributed by atoms with E-state index in [1.165, 1.54) is 44.1 Å². The third-order valence-electron chi connectivity index (χ3n) is 3.33. The number of hydrogen-bond donors (Lipinski definition) is 1. The van der Waals surface area contributed by atoms with E-state index in [9.17, 15) is 0 Å². The molecule has 1 rings (SSSR count). The Morgan fingerprint density at radius 2 is 1.83 bits per heavy atom. The Labute approximate surface area is 120 Å². The fourth-order valence-corrected chi connectivity index (χ4v) is 2.53. The Hall–Kier alpha value is -0.340. The van der Waals surface area contributed by atoms with Crippen molar-refractivity contribution in [3.05, 3.63) is 34.3 Å². The van der Waals surface area contributed by atoms with Gasteiger partial charge in [-0.2, -0.15) is 0 Å². The first kappa shape index (κ1) is 15.7. The third kappa shape index (κ3) is 6.55. The van der Waals surface area contributed by atoms with Gasteiger partial charge in [0.25, 0.3) is 0 Å². The van der Waals surface area contributed by atoms with Gasteiger partial charge in [0.2, 0.25) is 0 Å². The van der Waals surface area contributed by atoms with Crippen LogP contribution in [0.1, 0.15) is 64.0 Å². The molecular formula is C16H26BrN. The van der Waals surface area contributed by atoms with Gasteiger partial charge >= 0.3 is 0 Å². The molecule has 0 aliphatic carbocycles.